The van der Waals surface area contributed by atoms with E-state index in [2.05, 4.69) is 5.32 Å². The van der Waals surface area contributed by atoms with Crippen LogP contribution in [0.4, 0.5) is 11.4 Å². The van der Waals surface area contributed by atoms with Gasteiger partial charge >= 0.3 is 0 Å². The van der Waals surface area contributed by atoms with E-state index in [1.807, 2.05) is 6.92 Å². The zero-order chi connectivity index (χ0) is 10.6. The second-order valence-corrected chi connectivity index (χ2v) is 2.84. The van der Waals surface area contributed by atoms with E-state index in [0.29, 0.717) is 18.6 Å². The Labute approximate surface area is 83.9 Å². The summed E-state index contributed by atoms with van der Waals surface area (Å²) in [6.45, 7) is 2.54. The molecule has 1 rings (SSSR count). The summed E-state index contributed by atoms with van der Waals surface area (Å²) in [7, 11) is 5.44. The SMILES string of the molecule is [B]Cc1ccc([N+](=O)[O-])c(NCC)c1. The topological polar surface area (TPSA) is 55.2 Å². The third-order valence-electron chi connectivity index (χ3n) is 1.86. The minimum Gasteiger partial charge on any atom is -0.380 e. The molecular weight excluding hydrogens is 179 g/mol. The van der Waals surface area contributed by atoms with Crippen LogP contribution in [0.3, 0.4) is 0 Å². The van der Waals surface area contributed by atoms with E-state index in [-0.39, 0.29) is 5.69 Å². The van der Waals surface area contributed by atoms with E-state index in [0.717, 1.165) is 5.56 Å². The first-order valence-corrected chi connectivity index (χ1v) is 4.40. The molecule has 0 atom stereocenters. The first-order valence-electron chi connectivity index (χ1n) is 4.40. The van der Waals surface area contributed by atoms with Crippen molar-refractivity contribution in [1.82, 2.24) is 0 Å². The van der Waals surface area contributed by atoms with Gasteiger partial charge in [-0.2, -0.15) is 0 Å². The monoisotopic (exact) mass is 190 g/mol. The third-order valence-corrected chi connectivity index (χ3v) is 1.86. The molecular formula is C9H11BN2O2. The second-order valence-electron chi connectivity index (χ2n) is 2.84. The number of nitro groups is 1. The lowest BCUT2D eigenvalue weighted by atomic mass is 9.96. The Morgan fingerprint density at radius 3 is 2.79 bits per heavy atom. The average molecular weight is 190 g/mol. The molecule has 0 spiro atoms. The molecule has 1 aromatic rings. The van der Waals surface area contributed by atoms with Crippen molar-refractivity contribution in [1.29, 1.82) is 0 Å². The Morgan fingerprint density at radius 2 is 2.29 bits per heavy atom. The zero-order valence-electron chi connectivity index (χ0n) is 7.99. The van der Waals surface area contributed by atoms with Crippen LogP contribution in [0.25, 0.3) is 0 Å². The molecule has 72 valence electrons. The maximum absolute atomic E-state index is 10.6. The van der Waals surface area contributed by atoms with Gasteiger partial charge in [-0.05, 0) is 13.0 Å². The van der Waals surface area contributed by atoms with Gasteiger partial charge in [0.2, 0.25) is 0 Å². The van der Waals surface area contributed by atoms with E-state index in [1.165, 1.54) is 6.07 Å². The molecule has 0 aliphatic rings. The Kier molecular flexibility index (Phi) is 3.51. The van der Waals surface area contributed by atoms with Gasteiger partial charge in [0.1, 0.15) is 5.69 Å². The molecule has 0 amide bonds. The van der Waals surface area contributed by atoms with Crippen molar-refractivity contribution in [3.8, 4) is 0 Å². The molecule has 14 heavy (non-hydrogen) atoms. The highest BCUT2D eigenvalue weighted by Gasteiger charge is 2.12. The van der Waals surface area contributed by atoms with Crippen LogP contribution in [0.1, 0.15) is 12.5 Å². The molecule has 0 heterocycles. The number of benzene rings is 1. The number of hydrogen-bond acceptors (Lipinski definition) is 3. The summed E-state index contributed by atoms with van der Waals surface area (Å²) < 4.78 is 0. The number of nitrogens with zero attached hydrogens (tertiary/aromatic N) is 1. The third kappa shape index (κ3) is 2.25. The first-order chi connectivity index (χ1) is 6.69. The maximum atomic E-state index is 10.6. The van der Waals surface area contributed by atoms with Crippen LogP contribution in [0, 0.1) is 10.1 Å². The summed E-state index contributed by atoms with van der Waals surface area (Å²) in [4.78, 5) is 10.2. The summed E-state index contributed by atoms with van der Waals surface area (Å²) in [6, 6.07) is 4.85. The summed E-state index contributed by atoms with van der Waals surface area (Å²) in [5.74, 6) is 0. The van der Waals surface area contributed by atoms with Crippen molar-refractivity contribution < 1.29 is 4.92 Å². The smallest absolute Gasteiger partial charge is 0.292 e. The van der Waals surface area contributed by atoms with Crippen molar-refractivity contribution in [3.05, 3.63) is 33.9 Å². The number of anilines is 1. The maximum Gasteiger partial charge on any atom is 0.292 e. The van der Waals surface area contributed by atoms with Gasteiger partial charge in [-0.1, -0.05) is 17.9 Å². The van der Waals surface area contributed by atoms with Crippen LogP contribution in [-0.2, 0) is 6.32 Å². The van der Waals surface area contributed by atoms with Gasteiger partial charge in [-0.3, -0.25) is 10.1 Å². The van der Waals surface area contributed by atoms with Crippen LogP contribution < -0.4 is 5.32 Å². The van der Waals surface area contributed by atoms with Crippen molar-refractivity contribution in [3.63, 3.8) is 0 Å². The van der Waals surface area contributed by atoms with Crippen molar-refractivity contribution in [2.75, 3.05) is 11.9 Å². The standard InChI is InChI=1S/C9H11BN2O2/c1-2-11-8-5-7(6-10)3-4-9(8)12(13)14/h3-5,11H,2,6H2,1H3. The average Bonchev–Trinajstić information content (AvgIpc) is 2.17. The first kappa shape index (κ1) is 10.6. The Balaban J connectivity index is 3.10. The van der Waals surface area contributed by atoms with Crippen LogP contribution in [0.5, 0.6) is 0 Å². The molecule has 1 aromatic carbocycles. The molecule has 0 saturated carbocycles. The minimum atomic E-state index is -0.404. The number of hydrogen-bond donors (Lipinski definition) is 1. The van der Waals surface area contributed by atoms with Gasteiger partial charge in [0.25, 0.3) is 5.69 Å². The second kappa shape index (κ2) is 4.65. The van der Waals surface area contributed by atoms with Gasteiger partial charge in [-0.25, -0.2) is 0 Å². The van der Waals surface area contributed by atoms with E-state index in [4.69, 9.17) is 7.85 Å². The highest BCUT2D eigenvalue weighted by molar-refractivity contribution is 6.08. The summed E-state index contributed by atoms with van der Waals surface area (Å²) >= 11 is 0. The Morgan fingerprint density at radius 1 is 1.57 bits per heavy atom. The minimum absolute atomic E-state index is 0.0871. The number of rotatable bonds is 4. The lowest BCUT2D eigenvalue weighted by Gasteiger charge is -2.05. The van der Waals surface area contributed by atoms with Crippen LogP contribution in [0.2, 0.25) is 0 Å². The Bertz CT molecular complexity index is 342. The van der Waals surface area contributed by atoms with Crippen molar-refractivity contribution >= 4 is 19.2 Å². The molecule has 0 aliphatic heterocycles. The number of nitro benzene ring substituents is 1. The van der Waals surface area contributed by atoms with Crippen LogP contribution in [-0.4, -0.2) is 19.3 Å². The fourth-order valence-corrected chi connectivity index (χ4v) is 1.20. The summed E-state index contributed by atoms with van der Waals surface area (Å²) in [6.07, 6.45) is 0.385. The molecule has 1 N–H and O–H groups in total. The molecule has 0 saturated heterocycles. The fraction of sp³-hybridized carbons (Fsp3) is 0.333. The van der Waals surface area contributed by atoms with E-state index < -0.39 is 4.92 Å². The molecule has 0 aromatic heterocycles. The molecule has 0 bridgehead atoms. The van der Waals surface area contributed by atoms with Gasteiger partial charge in [-0.15, -0.1) is 0 Å². The van der Waals surface area contributed by atoms with Gasteiger partial charge in [0.15, 0.2) is 0 Å². The molecule has 0 unspecified atom stereocenters. The van der Waals surface area contributed by atoms with E-state index in [1.54, 1.807) is 12.1 Å². The van der Waals surface area contributed by atoms with Crippen LogP contribution in [0.15, 0.2) is 18.2 Å². The van der Waals surface area contributed by atoms with Gasteiger partial charge in [0, 0.05) is 12.6 Å². The highest BCUT2D eigenvalue weighted by atomic mass is 16.6. The van der Waals surface area contributed by atoms with E-state index in [9.17, 15) is 10.1 Å². The van der Waals surface area contributed by atoms with Crippen molar-refractivity contribution in [2.45, 2.75) is 13.2 Å². The van der Waals surface area contributed by atoms with Crippen LogP contribution >= 0.6 is 0 Å². The van der Waals surface area contributed by atoms with Gasteiger partial charge in [0.05, 0.1) is 12.8 Å². The normalized spacial score (nSPS) is 9.79. The molecule has 0 fully saturated rings. The van der Waals surface area contributed by atoms with Crippen molar-refractivity contribution in [2.24, 2.45) is 0 Å². The predicted molar refractivity (Wildman–Crippen MR) is 56.7 cm³/mol. The Hall–Kier alpha value is -1.52. The highest BCUT2D eigenvalue weighted by Crippen LogP contribution is 2.25. The van der Waals surface area contributed by atoms with E-state index >= 15 is 0 Å². The summed E-state index contributed by atoms with van der Waals surface area (Å²) in [5.41, 5.74) is 1.50. The fourth-order valence-electron chi connectivity index (χ4n) is 1.20. The quantitative estimate of drug-likeness (QED) is 0.446. The largest absolute Gasteiger partial charge is 0.380 e. The lowest BCUT2D eigenvalue weighted by Crippen LogP contribution is -2.02. The molecule has 5 heteroatoms. The lowest BCUT2D eigenvalue weighted by molar-refractivity contribution is -0.384. The summed E-state index contributed by atoms with van der Waals surface area (Å²) in [5, 5.41) is 13.6. The van der Waals surface area contributed by atoms with Gasteiger partial charge < -0.3 is 5.32 Å². The molecule has 2 radical (unpaired) electrons. The predicted octanol–water partition coefficient (Wildman–Crippen LogP) is 1.70. The molecule has 4 nitrogen and oxygen atoms in total. The zero-order valence-corrected chi connectivity index (χ0v) is 7.99. The number of nitrogens with one attached hydrogen (secondary N) is 1. The molecule has 0 aliphatic carbocycles.